The highest BCUT2D eigenvalue weighted by molar-refractivity contribution is 7.84. The van der Waals surface area contributed by atoms with Gasteiger partial charge in [0.25, 0.3) is 0 Å². The number of nitrogens with zero attached hydrogens (tertiary/aromatic N) is 2. The van der Waals surface area contributed by atoms with Crippen molar-refractivity contribution in [3.05, 3.63) is 41.9 Å². The zero-order chi connectivity index (χ0) is 16.2. The fourth-order valence-electron chi connectivity index (χ4n) is 2.41. The van der Waals surface area contributed by atoms with Gasteiger partial charge in [0, 0.05) is 40.9 Å². The quantitative estimate of drug-likeness (QED) is 0.744. The van der Waals surface area contributed by atoms with Crippen LogP contribution >= 0.6 is 11.3 Å². The number of carbonyl (C=O) groups excluding carboxylic acids is 1. The van der Waals surface area contributed by atoms with E-state index in [1.165, 1.54) is 0 Å². The predicted octanol–water partition coefficient (Wildman–Crippen LogP) is 2.26. The third kappa shape index (κ3) is 3.68. The highest BCUT2D eigenvalue weighted by atomic mass is 32.2. The molecular weight excluding hydrogens is 330 g/mol. The van der Waals surface area contributed by atoms with E-state index in [0.29, 0.717) is 12.3 Å². The molecule has 23 heavy (non-hydrogen) atoms. The van der Waals surface area contributed by atoms with Gasteiger partial charge in [0.15, 0.2) is 0 Å². The van der Waals surface area contributed by atoms with E-state index in [4.69, 9.17) is 0 Å². The Morgan fingerprint density at radius 1 is 1.39 bits per heavy atom. The van der Waals surface area contributed by atoms with Crippen LogP contribution in [0, 0.1) is 0 Å². The van der Waals surface area contributed by atoms with Crippen molar-refractivity contribution in [2.75, 3.05) is 18.6 Å². The molecule has 0 aliphatic rings. The average Bonchev–Trinajstić information content (AvgIpc) is 3.15. The van der Waals surface area contributed by atoms with Crippen LogP contribution in [-0.2, 0) is 22.1 Å². The lowest BCUT2D eigenvalue weighted by molar-refractivity contribution is -0.121. The first-order valence-corrected chi connectivity index (χ1v) is 9.80. The Morgan fingerprint density at radius 2 is 2.26 bits per heavy atom. The standard InChI is InChI=1S/C16H17N3O2S2/c1-23(21)9-7-17-15(20)11-19-13(14-5-3-8-22-14)10-12-4-2-6-18-16(12)19/h2-6,8,10H,7,9,11H2,1H3,(H,17,20)/t23-/m0/s1. The maximum Gasteiger partial charge on any atom is 0.240 e. The Bertz CT molecular complexity index is 840. The normalized spacial score (nSPS) is 12.4. The molecule has 0 aliphatic carbocycles. The minimum Gasteiger partial charge on any atom is -0.354 e. The van der Waals surface area contributed by atoms with E-state index < -0.39 is 10.8 Å². The summed E-state index contributed by atoms with van der Waals surface area (Å²) in [7, 11) is -0.904. The number of aromatic nitrogens is 2. The van der Waals surface area contributed by atoms with Gasteiger partial charge in [-0.2, -0.15) is 0 Å². The second kappa shape index (κ2) is 7.06. The number of fused-ring (bicyclic) bond motifs is 1. The van der Waals surface area contributed by atoms with E-state index in [0.717, 1.165) is 21.6 Å². The number of pyridine rings is 1. The number of thiophene rings is 1. The number of nitrogens with one attached hydrogen (secondary N) is 1. The Labute approximate surface area is 140 Å². The molecule has 3 aromatic rings. The first-order valence-electron chi connectivity index (χ1n) is 7.20. The third-order valence-electron chi connectivity index (χ3n) is 3.44. The fraction of sp³-hybridized carbons (Fsp3) is 0.250. The topological polar surface area (TPSA) is 64.0 Å². The van der Waals surface area contributed by atoms with Gasteiger partial charge in [-0.1, -0.05) is 6.07 Å². The predicted molar refractivity (Wildman–Crippen MR) is 95.0 cm³/mol. The van der Waals surface area contributed by atoms with Crippen molar-refractivity contribution in [2.24, 2.45) is 0 Å². The number of hydrogen-bond donors (Lipinski definition) is 1. The van der Waals surface area contributed by atoms with Crippen molar-refractivity contribution in [3.8, 4) is 10.6 Å². The molecule has 120 valence electrons. The Balaban J connectivity index is 1.88. The van der Waals surface area contributed by atoms with Gasteiger partial charge in [-0.15, -0.1) is 11.3 Å². The molecule has 0 unspecified atom stereocenters. The van der Waals surface area contributed by atoms with Gasteiger partial charge in [0.2, 0.25) is 5.91 Å². The van der Waals surface area contributed by atoms with E-state index in [1.54, 1.807) is 23.8 Å². The molecule has 0 aliphatic heterocycles. The summed E-state index contributed by atoms with van der Waals surface area (Å²) in [6.45, 7) is 0.618. The average molecular weight is 347 g/mol. The van der Waals surface area contributed by atoms with E-state index in [1.807, 2.05) is 34.2 Å². The third-order valence-corrected chi connectivity index (χ3v) is 5.11. The molecule has 5 nitrogen and oxygen atoms in total. The zero-order valence-electron chi connectivity index (χ0n) is 12.7. The van der Waals surface area contributed by atoms with Crippen molar-refractivity contribution in [3.63, 3.8) is 0 Å². The minimum atomic E-state index is -0.904. The number of carbonyl (C=O) groups is 1. The smallest absolute Gasteiger partial charge is 0.240 e. The largest absolute Gasteiger partial charge is 0.354 e. The van der Waals surface area contributed by atoms with Gasteiger partial charge in [-0.3, -0.25) is 9.00 Å². The molecule has 0 saturated heterocycles. The Morgan fingerprint density at radius 3 is 3.00 bits per heavy atom. The summed E-state index contributed by atoms with van der Waals surface area (Å²) in [5, 5.41) is 5.84. The van der Waals surface area contributed by atoms with Crippen LogP contribution in [0.3, 0.4) is 0 Å². The molecule has 3 rings (SSSR count). The molecule has 0 saturated carbocycles. The Hall–Kier alpha value is -1.99. The second-order valence-corrected chi connectivity index (χ2v) is 7.64. The van der Waals surface area contributed by atoms with Crippen molar-refractivity contribution in [1.29, 1.82) is 0 Å². The molecule has 1 atom stereocenters. The van der Waals surface area contributed by atoms with Gasteiger partial charge in [0.05, 0.1) is 10.6 Å². The van der Waals surface area contributed by atoms with Gasteiger partial charge >= 0.3 is 0 Å². The summed E-state index contributed by atoms with van der Waals surface area (Å²) >= 11 is 1.63. The summed E-state index contributed by atoms with van der Waals surface area (Å²) in [6.07, 6.45) is 3.36. The number of hydrogen-bond acceptors (Lipinski definition) is 4. The van der Waals surface area contributed by atoms with E-state index in [9.17, 15) is 9.00 Å². The van der Waals surface area contributed by atoms with Crippen LogP contribution in [0.2, 0.25) is 0 Å². The molecule has 0 radical (unpaired) electrons. The van der Waals surface area contributed by atoms with Gasteiger partial charge < -0.3 is 9.88 Å². The van der Waals surface area contributed by atoms with Gasteiger partial charge in [-0.05, 0) is 29.6 Å². The SMILES string of the molecule is C[S@](=O)CCNC(=O)Cn1c(-c2cccs2)cc2cccnc21. The molecule has 3 heterocycles. The van der Waals surface area contributed by atoms with Crippen molar-refractivity contribution >= 4 is 39.1 Å². The van der Waals surface area contributed by atoms with Crippen molar-refractivity contribution in [1.82, 2.24) is 14.9 Å². The van der Waals surface area contributed by atoms with Crippen LogP contribution in [0.1, 0.15) is 0 Å². The van der Waals surface area contributed by atoms with Crippen LogP contribution in [0.15, 0.2) is 41.9 Å². The first-order chi connectivity index (χ1) is 11.1. The van der Waals surface area contributed by atoms with E-state index >= 15 is 0 Å². The zero-order valence-corrected chi connectivity index (χ0v) is 14.3. The first kappa shape index (κ1) is 15.9. The molecule has 3 aromatic heterocycles. The Kier molecular flexibility index (Phi) is 4.88. The lowest BCUT2D eigenvalue weighted by Crippen LogP contribution is -2.31. The number of rotatable bonds is 6. The van der Waals surface area contributed by atoms with E-state index in [2.05, 4.69) is 16.4 Å². The number of amides is 1. The van der Waals surface area contributed by atoms with Gasteiger partial charge in [-0.25, -0.2) is 4.98 Å². The minimum absolute atomic E-state index is 0.101. The van der Waals surface area contributed by atoms with Crippen LogP contribution in [-0.4, -0.2) is 38.2 Å². The highest BCUT2D eigenvalue weighted by Crippen LogP contribution is 2.30. The second-order valence-electron chi connectivity index (χ2n) is 5.14. The molecule has 0 spiro atoms. The molecular formula is C16H17N3O2S2. The molecule has 0 fully saturated rings. The molecule has 1 N–H and O–H groups in total. The van der Waals surface area contributed by atoms with Gasteiger partial charge in [0.1, 0.15) is 12.2 Å². The fourth-order valence-corrected chi connectivity index (χ4v) is 3.55. The van der Waals surface area contributed by atoms with Crippen LogP contribution in [0.5, 0.6) is 0 Å². The molecule has 7 heteroatoms. The van der Waals surface area contributed by atoms with Crippen molar-refractivity contribution in [2.45, 2.75) is 6.54 Å². The monoisotopic (exact) mass is 347 g/mol. The van der Waals surface area contributed by atoms with Crippen LogP contribution < -0.4 is 5.32 Å². The van der Waals surface area contributed by atoms with E-state index in [-0.39, 0.29) is 12.5 Å². The summed E-state index contributed by atoms with van der Waals surface area (Å²) in [5.74, 6) is 0.366. The van der Waals surface area contributed by atoms with Crippen LogP contribution in [0.25, 0.3) is 21.6 Å². The summed E-state index contributed by atoms with van der Waals surface area (Å²) in [6, 6.07) is 9.97. The maximum absolute atomic E-state index is 12.2. The summed E-state index contributed by atoms with van der Waals surface area (Å²) in [4.78, 5) is 17.7. The maximum atomic E-state index is 12.2. The lowest BCUT2D eigenvalue weighted by atomic mass is 10.3. The highest BCUT2D eigenvalue weighted by Gasteiger charge is 2.14. The van der Waals surface area contributed by atoms with Crippen molar-refractivity contribution < 1.29 is 9.00 Å². The molecule has 1 amide bonds. The summed E-state index contributed by atoms with van der Waals surface area (Å²) < 4.78 is 13.0. The summed E-state index contributed by atoms with van der Waals surface area (Å²) in [5.41, 5.74) is 1.79. The molecule has 0 bridgehead atoms. The lowest BCUT2D eigenvalue weighted by Gasteiger charge is -2.09. The molecule has 0 aromatic carbocycles. The van der Waals surface area contributed by atoms with Crippen LogP contribution in [0.4, 0.5) is 0 Å².